The lowest BCUT2D eigenvalue weighted by Crippen LogP contribution is -1.90. The van der Waals surface area contributed by atoms with E-state index in [1.165, 1.54) is 0 Å². The highest BCUT2D eigenvalue weighted by molar-refractivity contribution is 9.08. The Morgan fingerprint density at radius 2 is 2.20 bits per heavy atom. The van der Waals surface area contributed by atoms with Crippen molar-refractivity contribution in [3.63, 3.8) is 0 Å². The van der Waals surface area contributed by atoms with Crippen LogP contribution in [0.4, 0.5) is 8.78 Å². The SMILES string of the molecule is Fc1cc(CBr)c(F)cn1. The zero-order valence-electron chi connectivity index (χ0n) is 4.94. The molecule has 1 heterocycles. The Hall–Kier alpha value is -0.510. The van der Waals surface area contributed by atoms with Gasteiger partial charge in [0.05, 0.1) is 6.20 Å². The van der Waals surface area contributed by atoms with E-state index in [2.05, 4.69) is 20.9 Å². The average molecular weight is 208 g/mol. The summed E-state index contributed by atoms with van der Waals surface area (Å²) >= 11 is 3.01. The Balaban J connectivity index is 3.09. The van der Waals surface area contributed by atoms with E-state index in [0.717, 1.165) is 12.3 Å². The van der Waals surface area contributed by atoms with Crippen molar-refractivity contribution in [3.05, 3.63) is 29.6 Å². The molecule has 0 saturated carbocycles. The maximum Gasteiger partial charge on any atom is 0.213 e. The van der Waals surface area contributed by atoms with Gasteiger partial charge in [-0.2, -0.15) is 4.39 Å². The number of rotatable bonds is 1. The van der Waals surface area contributed by atoms with Gasteiger partial charge in [0, 0.05) is 17.0 Å². The summed E-state index contributed by atoms with van der Waals surface area (Å²) in [5.41, 5.74) is 0.285. The monoisotopic (exact) mass is 207 g/mol. The summed E-state index contributed by atoms with van der Waals surface area (Å²) in [6.45, 7) is 0. The first-order valence-corrected chi connectivity index (χ1v) is 3.72. The Morgan fingerprint density at radius 3 is 2.70 bits per heavy atom. The topological polar surface area (TPSA) is 12.9 Å². The van der Waals surface area contributed by atoms with Crippen molar-refractivity contribution >= 4 is 15.9 Å². The zero-order chi connectivity index (χ0) is 7.56. The molecule has 10 heavy (non-hydrogen) atoms. The van der Waals surface area contributed by atoms with Crippen molar-refractivity contribution in [1.82, 2.24) is 4.98 Å². The molecule has 1 rings (SSSR count). The van der Waals surface area contributed by atoms with Crippen LogP contribution in [0, 0.1) is 11.8 Å². The van der Waals surface area contributed by atoms with Gasteiger partial charge >= 0.3 is 0 Å². The number of nitrogens with zero attached hydrogens (tertiary/aromatic N) is 1. The minimum absolute atomic E-state index is 0.285. The van der Waals surface area contributed by atoms with Crippen molar-refractivity contribution < 1.29 is 8.78 Å². The molecule has 0 aromatic carbocycles. The number of hydrogen-bond acceptors (Lipinski definition) is 1. The van der Waals surface area contributed by atoms with Crippen molar-refractivity contribution in [2.24, 2.45) is 0 Å². The molecule has 0 aliphatic heterocycles. The highest BCUT2D eigenvalue weighted by Gasteiger charge is 2.01. The summed E-state index contributed by atoms with van der Waals surface area (Å²) in [5.74, 6) is -1.14. The van der Waals surface area contributed by atoms with Crippen LogP contribution < -0.4 is 0 Å². The van der Waals surface area contributed by atoms with E-state index in [1.807, 2.05) is 0 Å². The molecule has 1 aromatic heterocycles. The fourth-order valence-corrected chi connectivity index (χ4v) is 0.983. The summed E-state index contributed by atoms with van der Waals surface area (Å²) in [5, 5.41) is 0.304. The Labute approximate surface area is 65.2 Å². The lowest BCUT2D eigenvalue weighted by molar-refractivity contribution is 0.553. The van der Waals surface area contributed by atoms with Crippen LogP contribution in [0.1, 0.15) is 5.56 Å². The fourth-order valence-electron chi connectivity index (χ4n) is 0.554. The minimum Gasteiger partial charge on any atom is -0.225 e. The van der Waals surface area contributed by atoms with Crippen molar-refractivity contribution in [2.75, 3.05) is 0 Å². The molecule has 0 aliphatic rings. The van der Waals surface area contributed by atoms with E-state index in [0.29, 0.717) is 5.33 Å². The van der Waals surface area contributed by atoms with Crippen LogP contribution in [0.25, 0.3) is 0 Å². The Morgan fingerprint density at radius 1 is 1.50 bits per heavy atom. The van der Waals surface area contributed by atoms with Crippen molar-refractivity contribution in [3.8, 4) is 0 Å². The first-order chi connectivity index (χ1) is 4.74. The first-order valence-electron chi connectivity index (χ1n) is 2.60. The third-order valence-corrected chi connectivity index (χ3v) is 1.65. The quantitative estimate of drug-likeness (QED) is 0.509. The molecular formula is C6H4BrF2N. The maximum atomic E-state index is 12.5. The lowest BCUT2D eigenvalue weighted by atomic mass is 10.3. The van der Waals surface area contributed by atoms with Crippen LogP contribution in [-0.2, 0) is 5.33 Å². The van der Waals surface area contributed by atoms with Gasteiger partial charge in [0.1, 0.15) is 5.82 Å². The first kappa shape index (κ1) is 7.60. The van der Waals surface area contributed by atoms with Crippen molar-refractivity contribution in [1.29, 1.82) is 0 Å². The molecule has 0 bridgehead atoms. The Kier molecular flexibility index (Phi) is 2.32. The largest absolute Gasteiger partial charge is 0.225 e. The second-order valence-corrected chi connectivity index (χ2v) is 2.29. The zero-order valence-corrected chi connectivity index (χ0v) is 6.53. The van der Waals surface area contributed by atoms with Gasteiger partial charge in [-0.25, -0.2) is 9.37 Å². The lowest BCUT2D eigenvalue weighted by Gasteiger charge is -1.95. The number of halogens is 3. The van der Waals surface area contributed by atoms with E-state index in [1.54, 1.807) is 0 Å². The molecule has 0 spiro atoms. The molecular weight excluding hydrogens is 204 g/mol. The maximum absolute atomic E-state index is 12.5. The molecule has 0 unspecified atom stereocenters. The smallest absolute Gasteiger partial charge is 0.213 e. The second kappa shape index (κ2) is 3.05. The van der Waals surface area contributed by atoms with E-state index in [-0.39, 0.29) is 5.56 Å². The van der Waals surface area contributed by atoms with E-state index >= 15 is 0 Å². The van der Waals surface area contributed by atoms with Crippen LogP contribution in [0.2, 0.25) is 0 Å². The third kappa shape index (κ3) is 1.50. The van der Waals surface area contributed by atoms with Gasteiger partial charge in [0.25, 0.3) is 0 Å². The molecule has 0 fully saturated rings. The van der Waals surface area contributed by atoms with E-state index in [4.69, 9.17) is 0 Å². The summed E-state index contributed by atoms with van der Waals surface area (Å²) in [4.78, 5) is 3.12. The number of aromatic nitrogens is 1. The highest BCUT2D eigenvalue weighted by atomic mass is 79.9. The molecule has 1 aromatic rings. The second-order valence-electron chi connectivity index (χ2n) is 1.73. The molecule has 0 N–H and O–H groups in total. The molecule has 54 valence electrons. The number of pyridine rings is 1. The summed E-state index contributed by atoms with van der Waals surface area (Å²) < 4.78 is 24.7. The molecule has 0 aliphatic carbocycles. The molecule has 0 radical (unpaired) electrons. The van der Waals surface area contributed by atoms with E-state index < -0.39 is 11.8 Å². The molecule has 0 atom stereocenters. The van der Waals surface area contributed by atoms with Gasteiger partial charge in [0.2, 0.25) is 5.95 Å². The summed E-state index contributed by atoms with van der Waals surface area (Å²) in [6, 6.07) is 1.06. The standard InChI is InChI=1S/C6H4BrF2N/c7-2-4-1-6(9)10-3-5(4)8/h1,3H,2H2. The summed E-state index contributed by atoms with van der Waals surface area (Å²) in [6.07, 6.45) is 0.867. The predicted octanol–water partition coefficient (Wildman–Crippen LogP) is 2.25. The van der Waals surface area contributed by atoms with E-state index in [9.17, 15) is 8.78 Å². The van der Waals surface area contributed by atoms with Crippen LogP contribution in [0.15, 0.2) is 12.3 Å². The molecule has 0 saturated heterocycles. The summed E-state index contributed by atoms with van der Waals surface area (Å²) in [7, 11) is 0. The Bertz CT molecular complexity index is 239. The van der Waals surface area contributed by atoms with Gasteiger partial charge in [-0.05, 0) is 0 Å². The van der Waals surface area contributed by atoms with Crippen LogP contribution in [0.5, 0.6) is 0 Å². The van der Waals surface area contributed by atoms with Gasteiger partial charge in [-0.3, -0.25) is 0 Å². The fraction of sp³-hybridized carbons (Fsp3) is 0.167. The average Bonchev–Trinajstić information content (AvgIpc) is 1.94. The minimum atomic E-state index is -0.657. The highest BCUT2D eigenvalue weighted by Crippen LogP contribution is 2.10. The van der Waals surface area contributed by atoms with Gasteiger partial charge in [-0.1, -0.05) is 15.9 Å². The predicted molar refractivity (Wildman–Crippen MR) is 36.8 cm³/mol. The van der Waals surface area contributed by atoms with Crippen molar-refractivity contribution in [2.45, 2.75) is 5.33 Å². The number of hydrogen-bond donors (Lipinski definition) is 0. The van der Waals surface area contributed by atoms with Crippen LogP contribution in [0.3, 0.4) is 0 Å². The molecule has 0 amide bonds. The van der Waals surface area contributed by atoms with Crippen LogP contribution >= 0.6 is 15.9 Å². The molecule has 1 nitrogen and oxygen atoms in total. The van der Waals surface area contributed by atoms with Gasteiger partial charge in [0.15, 0.2) is 0 Å². The normalized spacial score (nSPS) is 9.90. The van der Waals surface area contributed by atoms with Gasteiger partial charge < -0.3 is 0 Å². The van der Waals surface area contributed by atoms with Crippen LogP contribution in [-0.4, -0.2) is 4.98 Å². The van der Waals surface area contributed by atoms with Gasteiger partial charge in [-0.15, -0.1) is 0 Å². The number of alkyl halides is 1. The third-order valence-electron chi connectivity index (χ3n) is 1.05. The molecule has 4 heteroatoms.